The Hall–Kier alpha value is -2.95. The van der Waals surface area contributed by atoms with Crippen molar-refractivity contribution in [2.75, 3.05) is 0 Å². The van der Waals surface area contributed by atoms with Crippen molar-refractivity contribution < 1.29 is 4.79 Å². The van der Waals surface area contributed by atoms with E-state index in [1.54, 1.807) is 18.3 Å². The number of amides is 1. The third-order valence-electron chi connectivity index (χ3n) is 3.56. The van der Waals surface area contributed by atoms with E-state index in [2.05, 4.69) is 15.3 Å². The van der Waals surface area contributed by atoms with Crippen molar-refractivity contribution in [1.29, 1.82) is 0 Å². The number of carbonyl (C=O) groups excluding carboxylic acids is 1. The summed E-state index contributed by atoms with van der Waals surface area (Å²) >= 11 is 0. The normalized spacial score (nSPS) is 12.6. The monoisotopic (exact) mass is 306 g/mol. The first-order valence-electron chi connectivity index (χ1n) is 7.59. The molecule has 0 fully saturated rings. The van der Waals surface area contributed by atoms with Crippen LogP contribution in [-0.2, 0) is 4.79 Å². The molecule has 1 N–H and O–H groups in total. The van der Waals surface area contributed by atoms with E-state index in [0.717, 1.165) is 17.7 Å². The molecular formula is C18H18N4O. The molecule has 0 spiro atoms. The summed E-state index contributed by atoms with van der Waals surface area (Å²) in [5.41, 5.74) is 1.81. The molecule has 0 bridgehead atoms. The fourth-order valence-electron chi connectivity index (χ4n) is 2.36. The first-order valence-corrected chi connectivity index (χ1v) is 7.59. The lowest BCUT2D eigenvalue weighted by Crippen LogP contribution is -2.26. The molecule has 1 amide bonds. The Morgan fingerprint density at radius 1 is 1.30 bits per heavy atom. The Kier molecular flexibility index (Phi) is 4.47. The van der Waals surface area contributed by atoms with E-state index in [0.29, 0.717) is 5.78 Å². The molecule has 5 nitrogen and oxygen atoms in total. The van der Waals surface area contributed by atoms with Crippen molar-refractivity contribution in [3.8, 4) is 0 Å². The summed E-state index contributed by atoms with van der Waals surface area (Å²) < 4.78 is 1.85. The molecule has 1 aromatic carbocycles. The number of aromatic nitrogens is 3. The number of rotatable bonds is 5. The smallest absolute Gasteiger partial charge is 0.244 e. The summed E-state index contributed by atoms with van der Waals surface area (Å²) in [5.74, 6) is 0.501. The summed E-state index contributed by atoms with van der Waals surface area (Å²) in [5, 5.41) is 2.98. The Labute approximate surface area is 134 Å². The minimum absolute atomic E-state index is 0.134. The Balaban J connectivity index is 1.71. The summed E-state index contributed by atoms with van der Waals surface area (Å²) in [6.45, 7) is 2.02. The summed E-state index contributed by atoms with van der Waals surface area (Å²) in [6.07, 6.45) is 9.60. The van der Waals surface area contributed by atoms with Gasteiger partial charge in [-0.2, -0.15) is 0 Å². The highest BCUT2D eigenvalue weighted by molar-refractivity contribution is 5.91. The molecule has 2 aromatic heterocycles. The maximum atomic E-state index is 12.1. The first kappa shape index (κ1) is 15.0. The highest BCUT2D eigenvalue weighted by Gasteiger charge is 2.15. The van der Waals surface area contributed by atoms with Crippen molar-refractivity contribution in [3.63, 3.8) is 0 Å². The van der Waals surface area contributed by atoms with Crippen LogP contribution < -0.4 is 5.32 Å². The second-order valence-corrected chi connectivity index (χ2v) is 5.21. The molecular weight excluding hydrogens is 288 g/mol. The van der Waals surface area contributed by atoms with Crippen molar-refractivity contribution in [2.45, 2.75) is 19.4 Å². The molecule has 0 aliphatic heterocycles. The van der Waals surface area contributed by atoms with E-state index in [-0.39, 0.29) is 11.9 Å². The largest absolute Gasteiger partial charge is 0.344 e. The van der Waals surface area contributed by atoms with Crippen LogP contribution in [0.3, 0.4) is 0 Å². The average Bonchev–Trinajstić information content (AvgIpc) is 3.02. The standard InChI is InChI=1S/C18H18N4O/c1-2-15(16-13-22-12-6-11-19-18(22)21-16)20-17(23)10-9-14-7-4-3-5-8-14/h3-13,15H,2H2,1H3,(H,20,23)/b10-9+/t15-/m0/s1. The molecule has 0 saturated carbocycles. The fourth-order valence-corrected chi connectivity index (χ4v) is 2.36. The van der Waals surface area contributed by atoms with Crippen LogP contribution in [0.4, 0.5) is 0 Å². The Morgan fingerprint density at radius 2 is 2.13 bits per heavy atom. The molecule has 0 aliphatic carbocycles. The van der Waals surface area contributed by atoms with Crippen LogP contribution in [0.15, 0.2) is 61.1 Å². The number of carbonyl (C=O) groups is 1. The molecule has 0 aliphatic rings. The molecule has 23 heavy (non-hydrogen) atoms. The summed E-state index contributed by atoms with van der Waals surface area (Å²) in [6, 6.07) is 11.4. The number of hydrogen-bond donors (Lipinski definition) is 1. The molecule has 3 rings (SSSR count). The van der Waals surface area contributed by atoms with Gasteiger partial charge in [-0.25, -0.2) is 9.97 Å². The first-order chi connectivity index (χ1) is 11.3. The van der Waals surface area contributed by atoms with Gasteiger partial charge in [0.05, 0.1) is 11.7 Å². The van der Waals surface area contributed by atoms with E-state index in [1.807, 2.05) is 60.1 Å². The summed E-state index contributed by atoms with van der Waals surface area (Å²) in [4.78, 5) is 20.8. The topological polar surface area (TPSA) is 59.3 Å². The number of fused-ring (bicyclic) bond motifs is 1. The Bertz CT molecular complexity index is 790. The van der Waals surface area contributed by atoms with Crippen LogP contribution in [-0.4, -0.2) is 20.3 Å². The molecule has 3 aromatic rings. The lowest BCUT2D eigenvalue weighted by molar-refractivity contribution is -0.117. The van der Waals surface area contributed by atoms with E-state index in [1.165, 1.54) is 0 Å². The lowest BCUT2D eigenvalue weighted by Gasteiger charge is -2.12. The number of nitrogens with one attached hydrogen (secondary N) is 1. The molecule has 0 radical (unpaired) electrons. The van der Waals surface area contributed by atoms with Gasteiger partial charge in [0.15, 0.2) is 0 Å². The highest BCUT2D eigenvalue weighted by atomic mass is 16.1. The van der Waals surface area contributed by atoms with Gasteiger partial charge >= 0.3 is 0 Å². The van der Waals surface area contributed by atoms with Crippen LogP contribution >= 0.6 is 0 Å². The SMILES string of the molecule is CC[C@H](NC(=O)/C=C/c1ccccc1)c1cn2cccnc2n1. The van der Waals surface area contributed by atoms with Gasteiger partial charge < -0.3 is 5.32 Å². The van der Waals surface area contributed by atoms with Crippen molar-refractivity contribution in [2.24, 2.45) is 0 Å². The summed E-state index contributed by atoms with van der Waals surface area (Å²) in [7, 11) is 0. The zero-order valence-corrected chi connectivity index (χ0v) is 12.9. The van der Waals surface area contributed by atoms with Gasteiger partial charge in [-0.1, -0.05) is 37.3 Å². The van der Waals surface area contributed by atoms with Crippen molar-refractivity contribution in [1.82, 2.24) is 19.7 Å². The van der Waals surface area contributed by atoms with Crippen LogP contribution in [0.5, 0.6) is 0 Å². The van der Waals surface area contributed by atoms with Crippen LogP contribution in [0.25, 0.3) is 11.9 Å². The molecule has 5 heteroatoms. The fraction of sp³-hybridized carbons (Fsp3) is 0.167. The van der Waals surface area contributed by atoms with Gasteiger partial charge in [-0.05, 0) is 24.1 Å². The maximum Gasteiger partial charge on any atom is 0.244 e. The van der Waals surface area contributed by atoms with Gasteiger partial charge in [0.2, 0.25) is 11.7 Å². The second kappa shape index (κ2) is 6.87. The minimum atomic E-state index is -0.135. The number of hydrogen-bond acceptors (Lipinski definition) is 3. The number of benzene rings is 1. The molecule has 0 saturated heterocycles. The molecule has 1 atom stereocenters. The predicted molar refractivity (Wildman–Crippen MR) is 89.6 cm³/mol. The third kappa shape index (κ3) is 3.63. The highest BCUT2D eigenvalue weighted by Crippen LogP contribution is 2.15. The van der Waals surface area contributed by atoms with Crippen LogP contribution in [0.2, 0.25) is 0 Å². The van der Waals surface area contributed by atoms with E-state index >= 15 is 0 Å². The molecule has 0 unspecified atom stereocenters. The van der Waals surface area contributed by atoms with Crippen LogP contribution in [0, 0.1) is 0 Å². The van der Waals surface area contributed by atoms with E-state index in [4.69, 9.17) is 0 Å². The second-order valence-electron chi connectivity index (χ2n) is 5.21. The van der Waals surface area contributed by atoms with Gasteiger partial charge in [0.1, 0.15) is 0 Å². The van der Waals surface area contributed by atoms with Crippen molar-refractivity contribution in [3.05, 3.63) is 72.3 Å². The number of nitrogens with zero attached hydrogens (tertiary/aromatic N) is 3. The van der Waals surface area contributed by atoms with Gasteiger partial charge in [0, 0.05) is 24.7 Å². The molecule has 2 heterocycles. The van der Waals surface area contributed by atoms with Crippen molar-refractivity contribution >= 4 is 17.8 Å². The molecule has 116 valence electrons. The third-order valence-corrected chi connectivity index (χ3v) is 3.56. The van der Waals surface area contributed by atoms with E-state index < -0.39 is 0 Å². The van der Waals surface area contributed by atoms with Gasteiger partial charge in [-0.15, -0.1) is 0 Å². The maximum absolute atomic E-state index is 12.1. The van der Waals surface area contributed by atoms with E-state index in [9.17, 15) is 4.79 Å². The minimum Gasteiger partial charge on any atom is -0.344 e. The average molecular weight is 306 g/mol. The Morgan fingerprint density at radius 3 is 2.87 bits per heavy atom. The zero-order valence-electron chi connectivity index (χ0n) is 12.9. The quantitative estimate of drug-likeness (QED) is 0.737. The van der Waals surface area contributed by atoms with Gasteiger partial charge in [0.25, 0.3) is 0 Å². The van der Waals surface area contributed by atoms with Crippen LogP contribution in [0.1, 0.15) is 30.6 Å². The van der Waals surface area contributed by atoms with Gasteiger partial charge in [-0.3, -0.25) is 9.20 Å². The predicted octanol–water partition coefficient (Wildman–Crippen LogP) is 3.01. The lowest BCUT2D eigenvalue weighted by atomic mass is 10.1. The zero-order chi connectivity index (χ0) is 16.1. The number of imidazole rings is 1.